The molecule has 4 aromatic carbocycles. The van der Waals surface area contributed by atoms with Gasteiger partial charge in [0.2, 0.25) is 5.91 Å². The second-order valence-corrected chi connectivity index (χ2v) is 19.8. The lowest BCUT2D eigenvalue weighted by Crippen LogP contribution is -2.55. The van der Waals surface area contributed by atoms with Crippen LogP contribution in [0.1, 0.15) is 55.0 Å². The number of phenolic OH excluding ortho intramolecular Hbond substituents is 2. The number of aromatic nitrogens is 5. The number of anilines is 2. The monoisotopic (exact) mass is 1010 g/mol. The summed E-state index contributed by atoms with van der Waals surface area (Å²) in [6, 6.07) is 24.4. The van der Waals surface area contributed by atoms with E-state index >= 15 is 0 Å². The van der Waals surface area contributed by atoms with E-state index in [2.05, 4.69) is 43.6 Å². The number of nitriles is 1. The Morgan fingerprint density at radius 3 is 2.48 bits per heavy atom. The van der Waals surface area contributed by atoms with Gasteiger partial charge in [-0.25, -0.2) is 18.9 Å². The van der Waals surface area contributed by atoms with E-state index in [9.17, 15) is 34.2 Å². The van der Waals surface area contributed by atoms with Gasteiger partial charge in [0, 0.05) is 80.4 Å². The zero-order valence-corrected chi connectivity index (χ0v) is 41.4. The van der Waals surface area contributed by atoms with Crippen molar-refractivity contribution in [2.24, 2.45) is 11.8 Å². The van der Waals surface area contributed by atoms with Gasteiger partial charge in [-0.3, -0.25) is 14.5 Å². The van der Waals surface area contributed by atoms with Gasteiger partial charge < -0.3 is 34.5 Å². The van der Waals surface area contributed by atoms with Crippen molar-refractivity contribution >= 4 is 45.7 Å². The maximum Gasteiger partial charge on any atom is 0.348 e. The average molecular weight is 1010 g/mol. The fraction of sp³-hybridized carbons (Fsp3) is 0.389. The highest BCUT2D eigenvalue weighted by molar-refractivity contribution is 6.36. The minimum absolute atomic E-state index is 0.0190. The van der Waals surface area contributed by atoms with Crippen LogP contribution < -0.4 is 20.2 Å². The molecule has 0 spiro atoms. The van der Waals surface area contributed by atoms with Gasteiger partial charge in [-0.05, 0) is 92.0 Å². The van der Waals surface area contributed by atoms with Crippen LogP contribution in [0.25, 0.3) is 27.8 Å². The van der Waals surface area contributed by atoms with E-state index in [1.807, 2.05) is 66.4 Å². The average Bonchev–Trinajstić information content (AvgIpc) is 4.04. The predicted molar refractivity (Wildman–Crippen MR) is 274 cm³/mol. The maximum absolute atomic E-state index is 14.1. The van der Waals surface area contributed by atoms with E-state index in [1.165, 1.54) is 15.5 Å². The van der Waals surface area contributed by atoms with Crippen molar-refractivity contribution in [1.82, 2.24) is 39.4 Å². The third kappa shape index (κ3) is 10.0. The number of fused-ring (bicyclic) bond motifs is 2. The highest BCUT2D eigenvalue weighted by Crippen LogP contribution is 2.39. The molecule has 2 atom stereocenters. The Labute approximate surface area is 426 Å². The predicted octanol–water partition coefficient (Wildman–Crippen LogP) is 6.91. The van der Waals surface area contributed by atoms with Crippen molar-refractivity contribution in [1.29, 1.82) is 5.26 Å². The van der Waals surface area contributed by atoms with E-state index in [4.69, 9.17) is 26.3 Å². The van der Waals surface area contributed by atoms with Gasteiger partial charge in [0.1, 0.15) is 17.3 Å². The number of carbonyl (C=O) groups excluding carboxylic acids is 2. The maximum atomic E-state index is 14.1. The van der Waals surface area contributed by atoms with Crippen LogP contribution in [0.4, 0.5) is 15.9 Å². The summed E-state index contributed by atoms with van der Waals surface area (Å²) in [6.45, 7) is 10.8. The molecule has 73 heavy (non-hydrogen) atoms. The standard InChI is InChI=1S/C54H57ClFN11O6/c1-3-36-26-42(47(69)27-46(36)68)50-60-61-54(72)67(50)39-12-10-34(11-13-39)28-62-20-16-38(17-21-62)52(71)65-22-15-35(29-65)32-73-53-58-44-31-63(45-9-5-7-37-6-4-8-43(55)48(37)45)23-18-41(44)49(59-53)64-24-25-66(51(70)33(2)56)40(30-64)14-19-57/h4-13,26-27,35,38,40,68-69H,2-3,14-18,20-25,28-32H2,1H3,(H,61,72). The Morgan fingerprint density at radius 1 is 0.945 bits per heavy atom. The third-order valence-electron chi connectivity index (χ3n) is 14.9. The first-order valence-electron chi connectivity index (χ1n) is 24.9. The lowest BCUT2D eigenvalue weighted by molar-refractivity contribution is -0.136. The highest BCUT2D eigenvalue weighted by atomic mass is 35.5. The van der Waals surface area contributed by atoms with Gasteiger partial charge in [-0.2, -0.15) is 20.3 Å². The number of carbonyl (C=O) groups is 2. The van der Waals surface area contributed by atoms with E-state index in [0.717, 1.165) is 65.6 Å². The zero-order chi connectivity index (χ0) is 50.9. The van der Waals surface area contributed by atoms with Gasteiger partial charge >= 0.3 is 11.7 Å². The van der Waals surface area contributed by atoms with Gasteiger partial charge in [0.05, 0.1) is 53.7 Å². The fourth-order valence-electron chi connectivity index (χ4n) is 11.0. The number of H-pyrrole nitrogens is 1. The number of aromatic amines is 1. The second kappa shape index (κ2) is 20.9. The Kier molecular flexibility index (Phi) is 14.1. The summed E-state index contributed by atoms with van der Waals surface area (Å²) >= 11 is 6.78. The van der Waals surface area contributed by atoms with Crippen LogP contribution in [0, 0.1) is 23.2 Å². The molecule has 0 radical (unpaired) electrons. The summed E-state index contributed by atoms with van der Waals surface area (Å²) in [5.41, 5.74) is 4.89. The fourth-order valence-corrected chi connectivity index (χ4v) is 11.3. The number of nitrogens with zero attached hydrogens (tertiary/aromatic N) is 10. The van der Waals surface area contributed by atoms with E-state index < -0.39 is 23.5 Å². The first kappa shape index (κ1) is 49.1. The number of amides is 2. The Hall–Kier alpha value is -7.49. The third-order valence-corrected chi connectivity index (χ3v) is 15.2. The van der Waals surface area contributed by atoms with Crippen LogP contribution in [0.3, 0.4) is 0 Å². The molecule has 0 bridgehead atoms. The van der Waals surface area contributed by atoms with Crippen LogP contribution in [0.5, 0.6) is 17.5 Å². The molecule has 6 heterocycles. The Bertz CT molecular complexity index is 3180. The zero-order valence-electron chi connectivity index (χ0n) is 40.6. The smallest absolute Gasteiger partial charge is 0.348 e. The number of phenols is 2. The molecule has 2 unspecified atom stereocenters. The number of hydrogen-bond acceptors (Lipinski definition) is 13. The number of rotatable bonds is 13. The molecule has 2 aromatic heterocycles. The SMILES string of the molecule is C=C(F)C(=O)N1CCN(c2nc(OCC3CCN(C(=O)C4CCN(Cc5ccc(-n6c(-c7cc(CC)c(O)cc7O)n[nH]c6=O)cc5)CC4)C3)nc3c2CCN(c2cccc4cccc(Cl)c24)C3)CC1CC#N. The second-order valence-electron chi connectivity index (χ2n) is 19.4. The summed E-state index contributed by atoms with van der Waals surface area (Å²) in [5, 5.41) is 39.9. The summed E-state index contributed by atoms with van der Waals surface area (Å²) in [6.07, 6.45) is 3.44. The van der Waals surface area contributed by atoms with Gasteiger partial charge in [-0.1, -0.05) is 61.5 Å². The summed E-state index contributed by atoms with van der Waals surface area (Å²) in [4.78, 5) is 59.7. The van der Waals surface area contributed by atoms with Crippen LogP contribution >= 0.6 is 11.6 Å². The van der Waals surface area contributed by atoms with Crippen molar-refractivity contribution < 1.29 is 28.9 Å². The number of ether oxygens (including phenoxy) is 1. The first-order chi connectivity index (χ1) is 35.4. The lowest BCUT2D eigenvalue weighted by atomic mass is 9.95. The van der Waals surface area contributed by atoms with Crippen LogP contribution in [0.15, 0.2) is 90.0 Å². The van der Waals surface area contributed by atoms with Crippen molar-refractivity contribution in [2.75, 3.05) is 68.8 Å². The molecular weight excluding hydrogens is 953 g/mol. The lowest BCUT2D eigenvalue weighted by Gasteiger charge is -2.42. The molecule has 10 rings (SSSR count). The first-order valence-corrected chi connectivity index (χ1v) is 25.3. The minimum Gasteiger partial charge on any atom is -0.508 e. The quantitative estimate of drug-likeness (QED) is 0.101. The molecule has 4 aliphatic heterocycles. The van der Waals surface area contributed by atoms with Crippen molar-refractivity contribution in [3.63, 3.8) is 0 Å². The normalized spacial score (nSPS) is 18.5. The number of hydrogen-bond donors (Lipinski definition) is 3. The topological polar surface area (TPSA) is 200 Å². The molecule has 4 aliphatic rings. The molecule has 3 saturated heterocycles. The molecule has 6 aromatic rings. The highest BCUT2D eigenvalue weighted by Gasteiger charge is 2.37. The van der Waals surface area contributed by atoms with E-state index in [0.29, 0.717) is 86.4 Å². The summed E-state index contributed by atoms with van der Waals surface area (Å²) in [7, 11) is 0. The number of benzene rings is 4. The molecule has 17 nitrogen and oxygen atoms in total. The largest absolute Gasteiger partial charge is 0.508 e. The van der Waals surface area contributed by atoms with Crippen LogP contribution in [-0.2, 0) is 35.5 Å². The Morgan fingerprint density at radius 2 is 1.73 bits per heavy atom. The summed E-state index contributed by atoms with van der Waals surface area (Å²) in [5.74, 6) is -0.996. The number of likely N-dealkylation sites (tertiary alicyclic amines) is 2. The number of aromatic hydroxyl groups is 2. The van der Waals surface area contributed by atoms with E-state index in [-0.39, 0.29) is 60.6 Å². The molecule has 19 heteroatoms. The van der Waals surface area contributed by atoms with Gasteiger partial charge in [0.15, 0.2) is 11.7 Å². The molecule has 378 valence electrons. The molecule has 2 amide bonds. The molecule has 0 aliphatic carbocycles. The number of piperazine rings is 1. The molecule has 3 fully saturated rings. The van der Waals surface area contributed by atoms with Crippen LogP contribution in [-0.4, -0.2) is 126 Å². The van der Waals surface area contributed by atoms with Crippen molar-refractivity contribution in [3.8, 4) is 40.7 Å². The molecule has 0 saturated carbocycles. The number of halogens is 2. The molecule has 3 N–H and O–H groups in total. The van der Waals surface area contributed by atoms with E-state index in [1.54, 1.807) is 6.07 Å². The molecular formula is C54H57ClFN11O6. The minimum atomic E-state index is -1.06. The number of nitrogens with one attached hydrogen (secondary N) is 1. The van der Waals surface area contributed by atoms with Gasteiger partial charge in [0.25, 0.3) is 5.91 Å². The number of piperidine rings is 1. The van der Waals surface area contributed by atoms with Crippen molar-refractivity contribution in [2.45, 2.75) is 64.6 Å². The van der Waals surface area contributed by atoms with Crippen molar-refractivity contribution in [3.05, 3.63) is 123 Å². The number of aryl methyl sites for hydroxylation is 1. The van der Waals surface area contributed by atoms with Gasteiger partial charge in [-0.15, -0.1) is 0 Å². The van der Waals surface area contributed by atoms with Crippen LogP contribution in [0.2, 0.25) is 5.02 Å². The Balaban J connectivity index is 0.776. The summed E-state index contributed by atoms with van der Waals surface area (Å²) < 4.78 is 21.9.